The molecule has 2 amide bonds. The van der Waals surface area contributed by atoms with Crippen molar-refractivity contribution in [1.29, 1.82) is 0 Å². The Morgan fingerprint density at radius 3 is 2.33 bits per heavy atom. The topological polar surface area (TPSA) is 84.3 Å². The summed E-state index contributed by atoms with van der Waals surface area (Å²) in [5, 5.41) is 8.12. The maximum Gasteiger partial charge on any atom is 0.275 e. The third-order valence-electron chi connectivity index (χ3n) is 4.06. The molecule has 0 spiro atoms. The monoisotopic (exact) mass is 372 g/mol. The Bertz CT molecular complexity index is 886. The molecule has 1 heterocycles. The molecule has 146 valence electrons. The molecule has 0 saturated carbocycles. The zero-order valence-electron chi connectivity index (χ0n) is 16.7. The van der Waals surface area contributed by atoms with Crippen LogP contribution in [0.5, 0.6) is 0 Å². The normalized spacial score (nSPS) is 11.2. The Balaban J connectivity index is 2.48. The van der Waals surface area contributed by atoms with Crippen molar-refractivity contribution < 1.29 is 9.59 Å². The standard InChI is InChI=1S/C20H28N4O3/c1-6-23(12-17(25)21-14(4)5)20(27)18-15-9-7-8-10-16(15)19(26)24(22-18)11-13(2)3/h7-10,13-14H,6,11-12H2,1-5H3,(H,21,25). The van der Waals surface area contributed by atoms with Gasteiger partial charge in [0.15, 0.2) is 5.69 Å². The Hall–Kier alpha value is -2.70. The summed E-state index contributed by atoms with van der Waals surface area (Å²) in [6.45, 7) is 10.3. The first-order valence-electron chi connectivity index (χ1n) is 9.33. The van der Waals surface area contributed by atoms with Crippen molar-refractivity contribution in [3.63, 3.8) is 0 Å². The SMILES string of the molecule is CCN(CC(=O)NC(C)C)C(=O)c1nn(CC(C)C)c(=O)c2ccccc12. The fourth-order valence-electron chi connectivity index (χ4n) is 2.88. The summed E-state index contributed by atoms with van der Waals surface area (Å²) in [4.78, 5) is 39.4. The molecule has 27 heavy (non-hydrogen) atoms. The van der Waals surface area contributed by atoms with Gasteiger partial charge in [0.1, 0.15) is 0 Å². The summed E-state index contributed by atoms with van der Waals surface area (Å²) in [5.74, 6) is -0.372. The van der Waals surface area contributed by atoms with Gasteiger partial charge in [-0.05, 0) is 32.8 Å². The highest BCUT2D eigenvalue weighted by Crippen LogP contribution is 2.16. The number of carbonyl (C=O) groups is 2. The predicted octanol–water partition coefficient (Wildman–Crippen LogP) is 2.04. The number of fused-ring (bicyclic) bond motifs is 1. The van der Waals surface area contributed by atoms with E-state index in [4.69, 9.17) is 0 Å². The van der Waals surface area contributed by atoms with Gasteiger partial charge in [-0.1, -0.05) is 32.0 Å². The zero-order chi connectivity index (χ0) is 20.1. The molecule has 0 radical (unpaired) electrons. The van der Waals surface area contributed by atoms with E-state index in [0.29, 0.717) is 23.9 Å². The third kappa shape index (κ3) is 4.93. The quantitative estimate of drug-likeness (QED) is 0.806. The summed E-state index contributed by atoms with van der Waals surface area (Å²) in [7, 11) is 0. The number of likely N-dealkylation sites (N-methyl/N-ethyl adjacent to an activating group) is 1. The average molecular weight is 372 g/mol. The molecule has 0 bridgehead atoms. The molecule has 1 aromatic carbocycles. The van der Waals surface area contributed by atoms with Crippen LogP contribution in [0.15, 0.2) is 29.1 Å². The first kappa shape index (κ1) is 20.6. The fraction of sp³-hybridized carbons (Fsp3) is 0.500. The van der Waals surface area contributed by atoms with Crippen molar-refractivity contribution in [3.05, 3.63) is 40.3 Å². The van der Waals surface area contributed by atoms with Crippen LogP contribution in [-0.2, 0) is 11.3 Å². The number of rotatable bonds is 7. The van der Waals surface area contributed by atoms with Gasteiger partial charge in [-0.25, -0.2) is 4.68 Å². The van der Waals surface area contributed by atoms with E-state index in [2.05, 4.69) is 10.4 Å². The van der Waals surface area contributed by atoms with Crippen molar-refractivity contribution in [2.75, 3.05) is 13.1 Å². The first-order chi connectivity index (χ1) is 12.7. The van der Waals surface area contributed by atoms with Crippen molar-refractivity contribution in [2.24, 2.45) is 5.92 Å². The lowest BCUT2D eigenvalue weighted by Gasteiger charge is -2.22. The van der Waals surface area contributed by atoms with Gasteiger partial charge < -0.3 is 10.2 Å². The highest BCUT2D eigenvalue weighted by molar-refractivity contribution is 6.05. The highest BCUT2D eigenvalue weighted by atomic mass is 16.2. The van der Waals surface area contributed by atoms with Crippen LogP contribution in [0.1, 0.15) is 45.1 Å². The molecule has 0 fully saturated rings. The number of benzene rings is 1. The summed E-state index contributed by atoms with van der Waals surface area (Å²) in [6.07, 6.45) is 0. The highest BCUT2D eigenvalue weighted by Gasteiger charge is 2.23. The van der Waals surface area contributed by atoms with Crippen LogP contribution in [0, 0.1) is 5.92 Å². The zero-order valence-corrected chi connectivity index (χ0v) is 16.7. The second-order valence-corrected chi connectivity index (χ2v) is 7.32. The molecule has 1 aromatic heterocycles. The van der Waals surface area contributed by atoms with Crippen LogP contribution in [0.2, 0.25) is 0 Å². The van der Waals surface area contributed by atoms with E-state index in [0.717, 1.165) is 0 Å². The van der Waals surface area contributed by atoms with Crippen LogP contribution in [0.25, 0.3) is 10.8 Å². The lowest BCUT2D eigenvalue weighted by molar-refractivity contribution is -0.122. The summed E-state index contributed by atoms with van der Waals surface area (Å²) in [6, 6.07) is 6.96. The number of amides is 2. The van der Waals surface area contributed by atoms with Crippen molar-refractivity contribution in [2.45, 2.75) is 47.2 Å². The Labute approximate surface area is 159 Å². The minimum absolute atomic E-state index is 0.00166. The number of carbonyl (C=O) groups excluding carboxylic acids is 2. The van der Waals surface area contributed by atoms with E-state index in [1.807, 2.05) is 34.6 Å². The number of aromatic nitrogens is 2. The van der Waals surface area contributed by atoms with Crippen LogP contribution < -0.4 is 10.9 Å². The molecule has 0 aliphatic heterocycles. The van der Waals surface area contributed by atoms with E-state index in [-0.39, 0.29) is 41.6 Å². The molecule has 0 aliphatic rings. The summed E-state index contributed by atoms with van der Waals surface area (Å²) in [5.41, 5.74) is -0.0125. The molecular weight excluding hydrogens is 344 g/mol. The Kier molecular flexibility index (Phi) is 6.71. The van der Waals surface area contributed by atoms with Crippen LogP contribution in [-0.4, -0.2) is 45.6 Å². The van der Waals surface area contributed by atoms with Gasteiger partial charge in [0.05, 0.1) is 11.9 Å². The van der Waals surface area contributed by atoms with Gasteiger partial charge in [0, 0.05) is 24.5 Å². The van der Waals surface area contributed by atoms with Gasteiger partial charge in [0.2, 0.25) is 5.91 Å². The van der Waals surface area contributed by atoms with E-state index < -0.39 is 0 Å². The lowest BCUT2D eigenvalue weighted by atomic mass is 10.1. The number of hydrogen-bond donors (Lipinski definition) is 1. The molecule has 0 unspecified atom stereocenters. The molecule has 7 heteroatoms. The Morgan fingerprint density at radius 2 is 1.78 bits per heavy atom. The lowest BCUT2D eigenvalue weighted by Crippen LogP contribution is -2.43. The maximum atomic E-state index is 13.1. The molecule has 0 aliphatic carbocycles. The fourth-order valence-corrected chi connectivity index (χ4v) is 2.88. The minimum Gasteiger partial charge on any atom is -0.352 e. The third-order valence-corrected chi connectivity index (χ3v) is 4.06. The maximum absolute atomic E-state index is 13.1. The van der Waals surface area contributed by atoms with E-state index in [1.54, 1.807) is 24.3 Å². The van der Waals surface area contributed by atoms with Crippen molar-refractivity contribution in [3.8, 4) is 0 Å². The number of nitrogens with one attached hydrogen (secondary N) is 1. The average Bonchev–Trinajstić information content (AvgIpc) is 2.60. The number of nitrogens with zero attached hydrogens (tertiary/aromatic N) is 3. The summed E-state index contributed by atoms with van der Waals surface area (Å²) >= 11 is 0. The van der Waals surface area contributed by atoms with Gasteiger partial charge in [0.25, 0.3) is 11.5 Å². The van der Waals surface area contributed by atoms with Gasteiger partial charge in [-0.2, -0.15) is 5.10 Å². The molecule has 0 saturated heterocycles. The van der Waals surface area contributed by atoms with E-state index in [1.165, 1.54) is 9.58 Å². The first-order valence-corrected chi connectivity index (χ1v) is 9.33. The molecule has 7 nitrogen and oxygen atoms in total. The van der Waals surface area contributed by atoms with Crippen LogP contribution in [0.4, 0.5) is 0 Å². The van der Waals surface area contributed by atoms with Crippen molar-refractivity contribution >= 4 is 22.6 Å². The second-order valence-electron chi connectivity index (χ2n) is 7.32. The van der Waals surface area contributed by atoms with Crippen LogP contribution >= 0.6 is 0 Å². The Morgan fingerprint density at radius 1 is 1.15 bits per heavy atom. The second kappa shape index (κ2) is 8.79. The van der Waals surface area contributed by atoms with Gasteiger partial charge in [-0.3, -0.25) is 14.4 Å². The van der Waals surface area contributed by atoms with E-state index in [9.17, 15) is 14.4 Å². The molecule has 2 aromatic rings. The van der Waals surface area contributed by atoms with Gasteiger partial charge in [-0.15, -0.1) is 0 Å². The molecule has 1 N–H and O–H groups in total. The largest absolute Gasteiger partial charge is 0.352 e. The smallest absolute Gasteiger partial charge is 0.275 e. The van der Waals surface area contributed by atoms with Crippen LogP contribution in [0.3, 0.4) is 0 Å². The summed E-state index contributed by atoms with van der Waals surface area (Å²) < 4.78 is 1.35. The predicted molar refractivity (Wildman–Crippen MR) is 106 cm³/mol. The molecule has 0 atom stereocenters. The molecule has 2 rings (SSSR count). The van der Waals surface area contributed by atoms with Gasteiger partial charge >= 0.3 is 0 Å². The van der Waals surface area contributed by atoms with Crippen molar-refractivity contribution in [1.82, 2.24) is 20.0 Å². The molecular formula is C20H28N4O3. The minimum atomic E-state index is -0.356. The number of hydrogen-bond acceptors (Lipinski definition) is 4. The van der Waals surface area contributed by atoms with E-state index >= 15 is 0 Å².